The normalized spacial score (nSPS) is 17.4. The van der Waals surface area contributed by atoms with Gasteiger partial charge in [0.05, 0.1) is 18.7 Å². The molecule has 3 heterocycles. The second kappa shape index (κ2) is 6.14. The topological polar surface area (TPSA) is 30.3 Å². The van der Waals surface area contributed by atoms with Gasteiger partial charge in [0.2, 0.25) is 0 Å². The molecule has 4 rings (SSSR count). The Hall–Kier alpha value is -2.17. The van der Waals surface area contributed by atoms with E-state index in [2.05, 4.69) is 51.8 Å². The first kappa shape index (κ1) is 14.4. The summed E-state index contributed by atoms with van der Waals surface area (Å²) in [7, 11) is 0. The smallest absolute Gasteiger partial charge is 0.0594 e. The Bertz CT molecular complexity index is 791. The second-order valence-electron chi connectivity index (χ2n) is 6.00. The van der Waals surface area contributed by atoms with E-state index in [1.165, 1.54) is 16.5 Å². The molecule has 1 aliphatic rings. The van der Waals surface area contributed by atoms with Crippen LogP contribution in [0.15, 0.2) is 55.0 Å². The van der Waals surface area contributed by atoms with Crippen molar-refractivity contribution in [3.8, 4) is 5.69 Å². The monoisotopic (exact) mass is 307 g/mol. The van der Waals surface area contributed by atoms with Gasteiger partial charge in [0.1, 0.15) is 0 Å². The number of hydrogen-bond donors (Lipinski definition) is 0. The van der Waals surface area contributed by atoms with Gasteiger partial charge < -0.3 is 9.30 Å². The molecule has 2 aromatic heterocycles. The van der Waals surface area contributed by atoms with Crippen molar-refractivity contribution in [1.82, 2.24) is 14.5 Å². The molecule has 1 saturated heterocycles. The summed E-state index contributed by atoms with van der Waals surface area (Å²) in [6.07, 6.45) is 5.82. The highest BCUT2D eigenvalue weighted by Crippen LogP contribution is 2.30. The summed E-state index contributed by atoms with van der Waals surface area (Å²) < 4.78 is 7.71. The van der Waals surface area contributed by atoms with Gasteiger partial charge in [-0.15, -0.1) is 0 Å². The zero-order valence-electron chi connectivity index (χ0n) is 13.4. The van der Waals surface area contributed by atoms with Crippen LogP contribution in [-0.2, 0) is 4.74 Å². The summed E-state index contributed by atoms with van der Waals surface area (Å²) >= 11 is 0. The molecule has 0 bridgehead atoms. The van der Waals surface area contributed by atoms with Gasteiger partial charge in [0, 0.05) is 48.8 Å². The molecular weight excluding hydrogens is 286 g/mol. The maximum Gasteiger partial charge on any atom is 0.0594 e. The molecule has 0 saturated carbocycles. The number of aromatic nitrogens is 2. The zero-order chi connectivity index (χ0) is 15.6. The number of nitrogens with zero attached hydrogens (tertiary/aromatic N) is 3. The summed E-state index contributed by atoms with van der Waals surface area (Å²) in [5.74, 6) is 0. The molecule has 1 unspecified atom stereocenters. The molecule has 0 radical (unpaired) electrons. The van der Waals surface area contributed by atoms with Crippen LogP contribution in [-0.4, -0.2) is 40.8 Å². The van der Waals surface area contributed by atoms with E-state index < -0.39 is 0 Å². The molecular formula is C19H21N3O. The largest absolute Gasteiger partial charge is 0.379 e. The summed E-state index contributed by atoms with van der Waals surface area (Å²) in [4.78, 5) is 6.61. The van der Waals surface area contributed by atoms with E-state index in [1.54, 1.807) is 0 Å². The maximum atomic E-state index is 5.48. The lowest BCUT2D eigenvalue weighted by molar-refractivity contribution is 0.0201. The van der Waals surface area contributed by atoms with Crippen molar-refractivity contribution in [2.45, 2.75) is 13.0 Å². The molecule has 118 valence electrons. The van der Waals surface area contributed by atoms with Crippen LogP contribution in [0.4, 0.5) is 0 Å². The van der Waals surface area contributed by atoms with Crippen LogP contribution in [0.1, 0.15) is 18.5 Å². The lowest BCUT2D eigenvalue weighted by Crippen LogP contribution is -2.38. The number of fused-ring (bicyclic) bond motifs is 1. The molecule has 0 N–H and O–H groups in total. The van der Waals surface area contributed by atoms with Crippen LogP contribution < -0.4 is 0 Å². The fraction of sp³-hybridized carbons (Fsp3) is 0.316. The third kappa shape index (κ3) is 2.64. The molecule has 1 atom stereocenters. The average Bonchev–Trinajstić information content (AvgIpc) is 3.07. The highest BCUT2D eigenvalue weighted by Gasteiger charge is 2.20. The third-order valence-corrected chi connectivity index (χ3v) is 4.75. The fourth-order valence-electron chi connectivity index (χ4n) is 3.45. The van der Waals surface area contributed by atoms with E-state index in [0.717, 1.165) is 32.0 Å². The molecule has 1 aromatic carbocycles. The average molecular weight is 307 g/mol. The van der Waals surface area contributed by atoms with E-state index in [1.807, 2.05) is 24.5 Å². The molecule has 1 aliphatic heterocycles. The van der Waals surface area contributed by atoms with Gasteiger partial charge in [0.25, 0.3) is 0 Å². The number of benzene rings is 1. The molecule has 0 spiro atoms. The Labute approximate surface area is 136 Å². The van der Waals surface area contributed by atoms with Crippen LogP contribution in [0.3, 0.4) is 0 Å². The first-order chi connectivity index (χ1) is 11.3. The Morgan fingerprint density at radius 2 is 1.83 bits per heavy atom. The highest BCUT2D eigenvalue weighted by molar-refractivity contribution is 5.85. The van der Waals surface area contributed by atoms with Gasteiger partial charge in [0.15, 0.2) is 0 Å². The predicted molar refractivity (Wildman–Crippen MR) is 91.9 cm³/mol. The van der Waals surface area contributed by atoms with Crippen molar-refractivity contribution in [2.75, 3.05) is 26.3 Å². The molecule has 3 aromatic rings. The Kier molecular flexibility index (Phi) is 3.85. The number of hydrogen-bond acceptors (Lipinski definition) is 3. The first-order valence-electron chi connectivity index (χ1n) is 8.17. The molecule has 4 heteroatoms. The van der Waals surface area contributed by atoms with E-state index in [9.17, 15) is 0 Å². The van der Waals surface area contributed by atoms with Crippen molar-refractivity contribution in [3.63, 3.8) is 0 Å². The quantitative estimate of drug-likeness (QED) is 0.743. The molecule has 23 heavy (non-hydrogen) atoms. The minimum Gasteiger partial charge on any atom is -0.379 e. The van der Waals surface area contributed by atoms with Gasteiger partial charge in [-0.05, 0) is 36.8 Å². The van der Waals surface area contributed by atoms with E-state index in [0.29, 0.717) is 6.04 Å². The Morgan fingerprint density at radius 1 is 1.04 bits per heavy atom. The minimum absolute atomic E-state index is 0.399. The zero-order valence-corrected chi connectivity index (χ0v) is 13.4. The van der Waals surface area contributed by atoms with E-state index >= 15 is 0 Å². The maximum absolute atomic E-state index is 5.48. The van der Waals surface area contributed by atoms with Gasteiger partial charge >= 0.3 is 0 Å². The SMILES string of the molecule is CC(c1cccc2c1ccn2-c1ccncc1)N1CCOCC1. The van der Waals surface area contributed by atoms with Crippen LogP contribution in [0, 0.1) is 0 Å². The van der Waals surface area contributed by atoms with Gasteiger partial charge in [-0.1, -0.05) is 12.1 Å². The number of rotatable bonds is 3. The van der Waals surface area contributed by atoms with Crippen LogP contribution in [0.2, 0.25) is 0 Å². The van der Waals surface area contributed by atoms with Crippen LogP contribution >= 0.6 is 0 Å². The number of pyridine rings is 1. The highest BCUT2D eigenvalue weighted by atomic mass is 16.5. The fourth-order valence-corrected chi connectivity index (χ4v) is 3.45. The van der Waals surface area contributed by atoms with Gasteiger partial charge in [-0.3, -0.25) is 9.88 Å². The number of morpholine rings is 1. The van der Waals surface area contributed by atoms with Crippen LogP contribution in [0.25, 0.3) is 16.6 Å². The molecule has 0 aliphatic carbocycles. The summed E-state index contributed by atoms with van der Waals surface area (Å²) in [6, 6.07) is 13.3. The Balaban J connectivity index is 1.76. The van der Waals surface area contributed by atoms with Crippen molar-refractivity contribution < 1.29 is 4.74 Å². The third-order valence-electron chi connectivity index (χ3n) is 4.75. The predicted octanol–water partition coefficient (Wildman–Crippen LogP) is 3.42. The summed E-state index contributed by atoms with van der Waals surface area (Å²) in [6.45, 7) is 5.96. The second-order valence-corrected chi connectivity index (χ2v) is 6.00. The number of ether oxygens (including phenoxy) is 1. The summed E-state index contributed by atoms with van der Waals surface area (Å²) in [5, 5.41) is 1.32. The van der Waals surface area contributed by atoms with E-state index in [4.69, 9.17) is 4.74 Å². The molecule has 4 nitrogen and oxygen atoms in total. The lowest BCUT2D eigenvalue weighted by Gasteiger charge is -2.32. The van der Waals surface area contributed by atoms with E-state index in [-0.39, 0.29) is 0 Å². The van der Waals surface area contributed by atoms with Crippen molar-refractivity contribution in [2.24, 2.45) is 0 Å². The van der Waals surface area contributed by atoms with Crippen molar-refractivity contribution >= 4 is 10.9 Å². The molecule has 1 fully saturated rings. The van der Waals surface area contributed by atoms with Crippen LogP contribution in [0.5, 0.6) is 0 Å². The van der Waals surface area contributed by atoms with Gasteiger partial charge in [-0.25, -0.2) is 0 Å². The standard InChI is InChI=1S/C19H21N3O/c1-15(21-11-13-23-14-12-21)17-3-2-4-19-18(17)7-10-22(19)16-5-8-20-9-6-16/h2-10,15H,11-14H2,1H3. The van der Waals surface area contributed by atoms with Crippen molar-refractivity contribution in [1.29, 1.82) is 0 Å². The first-order valence-corrected chi connectivity index (χ1v) is 8.17. The van der Waals surface area contributed by atoms with Gasteiger partial charge in [-0.2, -0.15) is 0 Å². The molecule has 0 amide bonds. The van der Waals surface area contributed by atoms with Crippen molar-refractivity contribution in [3.05, 3.63) is 60.6 Å². The minimum atomic E-state index is 0.399. The summed E-state index contributed by atoms with van der Waals surface area (Å²) in [5.41, 5.74) is 3.78. The lowest BCUT2D eigenvalue weighted by atomic mass is 10.0. The Morgan fingerprint density at radius 3 is 2.61 bits per heavy atom.